The summed E-state index contributed by atoms with van der Waals surface area (Å²) in [5, 5.41) is 3.38. The van der Waals surface area contributed by atoms with Gasteiger partial charge in [0.25, 0.3) is 11.8 Å². The van der Waals surface area contributed by atoms with Crippen LogP contribution in [0.15, 0.2) is 60.7 Å². The lowest BCUT2D eigenvalue weighted by Crippen LogP contribution is -2.30. The van der Waals surface area contributed by atoms with Crippen LogP contribution in [0.2, 0.25) is 5.02 Å². The molecule has 28 heavy (non-hydrogen) atoms. The Hall–Kier alpha value is -3.18. The molecule has 0 atom stereocenters. The number of amides is 2. The van der Waals surface area contributed by atoms with Gasteiger partial charge in [-0.3, -0.25) is 9.59 Å². The van der Waals surface area contributed by atoms with Crippen LogP contribution >= 0.6 is 11.6 Å². The zero-order valence-corrected chi connectivity index (χ0v) is 16.0. The average Bonchev–Trinajstić information content (AvgIpc) is 3.15. The number of anilines is 2. The van der Waals surface area contributed by atoms with E-state index in [-0.39, 0.29) is 23.2 Å². The molecule has 140 valence electrons. The highest BCUT2D eigenvalue weighted by molar-refractivity contribution is 6.31. The molecule has 2 amide bonds. The summed E-state index contributed by atoms with van der Waals surface area (Å²) in [5.41, 5.74) is 3.85. The molecule has 0 fully saturated rings. The maximum atomic E-state index is 13.0. The second-order valence-electron chi connectivity index (χ2n) is 6.61. The number of carbonyl (C=O) groups excluding carboxylic acids is 2. The summed E-state index contributed by atoms with van der Waals surface area (Å²) in [4.78, 5) is 31.6. The first kappa shape index (κ1) is 18.2. The third-order valence-electron chi connectivity index (χ3n) is 4.85. The molecule has 6 heteroatoms. The Morgan fingerprint density at radius 1 is 1.00 bits per heavy atom. The van der Waals surface area contributed by atoms with Crippen LogP contribution in [-0.2, 0) is 6.42 Å². The molecule has 0 saturated carbocycles. The van der Waals surface area contributed by atoms with E-state index in [2.05, 4.69) is 10.3 Å². The third kappa shape index (κ3) is 3.37. The lowest BCUT2D eigenvalue weighted by Gasteiger charge is -2.17. The van der Waals surface area contributed by atoms with E-state index in [0.29, 0.717) is 17.3 Å². The van der Waals surface area contributed by atoms with Crippen LogP contribution in [0.25, 0.3) is 0 Å². The van der Waals surface area contributed by atoms with E-state index >= 15 is 0 Å². The molecular formula is C22H18ClN3O2. The number of nitrogens with one attached hydrogen (secondary N) is 1. The van der Waals surface area contributed by atoms with E-state index in [1.165, 1.54) is 0 Å². The molecule has 3 aromatic rings. The molecule has 0 unspecified atom stereocenters. The highest BCUT2D eigenvalue weighted by atomic mass is 35.5. The SMILES string of the molecule is Cc1c(Cl)cccc1NC(=O)c1cccc(C(=O)N2CCc3ccccc32)n1. The van der Waals surface area contributed by atoms with Crippen molar-refractivity contribution >= 4 is 34.8 Å². The molecule has 1 N–H and O–H groups in total. The number of fused-ring (bicyclic) bond motifs is 1. The Morgan fingerprint density at radius 2 is 1.75 bits per heavy atom. The summed E-state index contributed by atoms with van der Waals surface area (Å²) in [6.45, 7) is 2.44. The Kier molecular flexibility index (Phi) is 4.84. The molecule has 4 rings (SSSR count). The van der Waals surface area contributed by atoms with Crippen LogP contribution < -0.4 is 10.2 Å². The number of pyridine rings is 1. The Bertz CT molecular complexity index is 1080. The van der Waals surface area contributed by atoms with Gasteiger partial charge in [0.1, 0.15) is 11.4 Å². The van der Waals surface area contributed by atoms with Crippen molar-refractivity contribution in [2.24, 2.45) is 0 Å². The summed E-state index contributed by atoms with van der Waals surface area (Å²) >= 11 is 6.11. The Balaban J connectivity index is 1.57. The standard InChI is InChI=1S/C22H18ClN3O2/c1-14-16(23)7-4-8-17(14)25-21(27)18-9-5-10-19(24-18)22(28)26-13-12-15-6-2-3-11-20(15)26/h2-11H,12-13H2,1H3,(H,25,27). The van der Waals surface area contributed by atoms with Gasteiger partial charge in [-0.05, 0) is 54.8 Å². The van der Waals surface area contributed by atoms with E-state index in [0.717, 1.165) is 23.2 Å². The number of carbonyl (C=O) groups is 2. The molecule has 0 radical (unpaired) electrons. The minimum absolute atomic E-state index is 0.178. The van der Waals surface area contributed by atoms with Crippen LogP contribution in [0, 0.1) is 6.92 Å². The van der Waals surface area contributed by atoms with Crippen molar-refractivity contribution in [1.29, 1.82) is 0 Å². The number of nitrogens with zero attached hydrogens (tertiary/aromatic N) is 2. The highest BCUT2D eigenvalue weighted by Gasteiger charge is 2.26. The fraction of sp³-hybridized carbons (Fsp3) is 0.136. The predicted molar refractivity (Wildman–Crippen MR) is 110 cm³/mol. The Morgan fingerprint density at radius 3 is 2.61 bits per heavy atom. The van der Waals surface area contributed by atoms with Crippen LogP contribution in [0.3, 0.4) is 0 Å². The van der Waals surface area contributed by atoms with Crippen molar-refractivity contribution in [1.82, 2.24) is 4.98 Å². The van der Waals surface area contributed by atoms with Crippen molar-refractivity contribution in [2.45, 2.75) is 13.3 Å². The topological polar surface area (TPSA) is 62.3 Å². The molecule has 5 nitrogen and oxygen atoms in total. The number of aromatic nitrogens is 1. The van der Waals surface area contributed by atoms with Gasteiger partial charge in [-0.25, -0.2) is 4.98 Å². The number of para-hydroxylation sites is 1. The fourth-order valence-electron chi connectivity index (χ4n) is 3.30. The van der Waals surface area contributed by atoms with Gasteiger partial charge in [0.15, 0.2) is 0 Å². The third-order valence-corrected chi connectivity index (χ3v) is 5.26. The minimum Gasteiger partial charge on any atom is -0.320 e. The van der Waals surface area contributed by atoms with Gasteiger partial charge in [-0.2, -0.15) is 0 Å². The summed E-state index contributed by atoms with van der Waals surface area (Å²) < 4.78 is 0. The molecule has 1 aromatic heterocycles. The number of rotatable bonds is 3. The minimum atomic E-state index is -0.387. The molecule has 0 bridgehead atoms. The van der Waals surface area contributed by atoms with Crippen molar-refractivity contribution in [3.8, 4) is 0 Å². The zero-order valence-electron chi connectivity index (χ0n) is 15.3. The van der Waals surface area contributed by atoms with Crippen molar-refractivity contribution < 1.29 is 9.59 Å². The summed E-state index contributed by atoms with van der Waals surface area (Å²) in [5.74, 6) is -0.597. The number of hydrogen-bond donors (Lipinski definition) is 1. The number of hydrogen-bond acceptors (Lipinski definition) is 3. The molecule has 2 heterocycles. The number of benzene rings is 2. The summed E-state index contributed by atoms with van der Waals surface area (Å²) in [7, 11) is 0. The largest absolute Gasteiger partial charge is 0.320 e. The van der Waals surface area contributed by atoms with Gasteiger partial charge in [-0.15, -0.1) is 0 Å². The molecule has 0 saturated heterocycles. The van der Waals surface area contributed by atoms with E-state index in [1.807, 2.05) is 31.2 Å². The molecule has 1 aliphatic heterocycles. The monoisotopic (exact) mass is 391 g/mol. The van der Waals surface area contributed by atoms with Gasteiger partial charge >= 0.3 is 0 Å². The normalized spacial score (nSPS) is 12.6. The van der Waals surface area contributed by atoms with Crippen LogP contribution in [-0.4, -0.2) is 23.3 Å². The van der Waals surface area contributed by atoms with Gasteiger partial charge in [-0.1, -0.05) is 41.9 Å². The maximum Gasteiger partial charge on any atom is 0.276 e. The zero-order chi connectivity index (χ0) is 19.7. The summed E-state index contributed by atoms with van der Waals surface area (Å²) in [6, 6.07) is 18.0. The smallest absolute Gasteiger partial charge is 0.276 e. The lowest BCUT2D eigenvalue weighted by atomic mass is 10.2. The van der Waals surface area contributed by atoms with E-state index in [9.17, 15) is 9.59 Å². The van der Waals surface area contributed by atoms with Gasteiger partial charge in [0.05, 0.1) is 0 Å². The first-order valence-electron chi connectivity index (χ1n) is 8.98. The van der Waals surface area contributed by atoms with Crippen molar-refractivity contribution in [3.63, 3.8) is 0 Å². The van der Waals surface area contributed by atoms with Crippen LogP contribution in [0.4, 0.5) is 11.4 Å². The second-order valence-corrected chi connectivity index (χ2v) is 7.02. The van der Waals surface area contributed by atoms with Gasteiger partial charge in [0.2, 0.25) is 0 Å². The predicted octanol–water partition coefficient (Wildman–Crippen LogP) is 4.50. The molecule has 0 aliphatic carbocycles. The van der Waals surface area contributed by atoms with Crippen molar-refractivity contribution in [2.75, 3.05) is 16.8 Å². The lowest BCUT2D eigenvalue weighted by molar-refractivity contribution is 0.0984. The second kappa shape index (κ2) is 7.44. The molecular weight excluding hydrogens is 374 g/mol. The average molecular weight is 392 g/mol. The molecule has 2 aromatic carbocycles. The fourth-order valence-corrected chi connectivity index (χ4v) is 3.47. The first-order chi connectivity index (χ1) is 13.5. The van der Waals surface area contributed by atoms with E-state index in [1.54, 1.807) is 41.3 Å². The highest BCUT2D eigenvalue weighted by Crippen LogP contribution is 2.28. The quantitative estimate of drug-likeness (QED) is 0.715. The Labute approximate surface area is 168 Å². The molecule has 0 spiro atoms. The number of halogens is 1. The van der Waals surface area contributed by atoms with Crippen LogP contribution in [0.5, 0.6) is 0 Å². The first-order valence-corrected chi connectivity index (χ1v) is 9.35. The maximum absolute atomic E-state index is 13.0. The van der Waals surface area contributed by atoms with E-state index in [4.69, 9.17) is 11.6 Å². The van der Waals surface area contributed by atoms with E-state index < -0.39 is 0 Å². The van der Waals surface area contributed by atoms with Gasteiger partial charge in [0, 0.05) is 22.9 Å². The van der Waals surface area contributed by atoms with Gasteiger partial charge < -0.3 is 10.2 Å². The van der Waals surface area contributed by atoms with Crippen molar-refractivity contribution in [3.05, 3.63) is 88.2 Å². The summed E-state index contributed by atoms with van der Waals surface area (Å²) in [6.07, 6.45) is 0.816. The molecule has 1 aliphatic rings. The van der Waals surface area contributed by atoms with Crippen LogP contribution in [0.1, 0.15) is 32.1 Å².